The van der Waals surface area contributed by atoms with Gasteiger partial charge in [0.25, 0.3) is 0 Å². The van der Waals surface area contributed by atoms with E-state index in [0.29, 0.717) is 0 Å². The van der Waals surface area contributed by atoms with Gasteiger partial charge in [-0.25, -0.2) is 0 Å². The zero-order valence-electron chi connectivity index (χ0n) is 9.30. The first-order valence-corrected chi connectivity index (χ1v) is 4.95. The molecule has 0 aromatic heterocycles. The van der Waals surface area contributed by atoms with Crippen LogP contribution in [0.2, 0.25) is 0 Å². The van der Waals surface area contributed by atoms with Gasteiger partial charge < -0.3 is 14.9 Å². The Labute approximate surface area is 93.2 Å². The van der Waals surface area contributed by atoms with Gasteiger partial charge in [0.1, 0.15) is 0 Å². The molecule has 0 aromatic rings. The average molecular weight is 232 g/mol. The predicted molar refractivity (Wildman–Crippen MR) is 53.8 cm³/mol. The van der Waals surface area contributed by atoms with E-state index >= 15 is 0 Å². The molecule has 0 rings (SSSR count). The highest BCUT2D eigenvalue weighted by molar-refractivity contribution is 5.77. The van der Waals surface area contributed by atoms with Crippen molar-refractivity contribution in [2.45, 2.75) is 26.7 Å². The van der Waals surface area contributed by atoms with E-state index in [2.05, 4.69) is 0 Å². The van der Waals surface area contributed by atoms with Crippen LogP contribution in [0.25, 0.3) is 0 Å². The van der Waals surface area contributed by atoms with Crippen molar-refractivity contribution in [2.24, 2.45) is 11.8 Å². The van der Waals surface area contributed by atoms with Crippen LogP contribution in [0, 0.1) is 11.8 Å². The predicted octanol–water partition coefficient (Wildman–Crippen LogP) is 0.751. The van der Waals surface area contributed by atoms with Gasteiger partial charge in [-0.15, -0.1) is 0 Å². The van der Waals surface area contributed by atoms with E-state index in [1.165, 1.54) is 0 Å². The highest BCUT2D eigenvalue weighted by atomic mass is 16.5. The van der Waals surface area contributed by atoms with Crippen molar-refractivity contribution in [3.05, 3.63) is 0 Å². The quantitative estimate of drug-likeness (QED) is 0.628. The molecule has 0 aliphatic carbocycles. The first kappa shape index (κ1) is 14.4. The molecule has 1 atom stereocenters. The molecule has 0 fully saturated rings. The van der Waals surface area contributed by atoms with Crippen LogP contribution in [-0.2, 0) is 19.1 Å². The second kappa shape index (κ2) is 6.81. The lowest BCUT2D eigenvalue weighted by atomic mass is 10.0. The number of carboxylic acid groups (broad SMARTS) is 2. The van der Waals surface area contributed by atoms with Gasteiger partial charge in [0.15, 0.2) is 0 Å². The number of esters is 1. The van der Waals surface area contributed by atoms with Gasteiger partial charge >= 0.3 is 17.9 Å². The van der Waals surface area contributed by atoms with Gasteiger partial charge in [-0.1, -0.05) is 13.8 Å². The van der Waals surface area contributed by atoms with Crippen molar-refractivity contribution < 1.29 is 29.3 Å². The lowest BCUT2D eigenvalue weighted by Crippen LogP contribution is -2.21. The highest BCUT2D eigenvalue weighted by Crippen LogP contribution is 2.10. The molecule has 0 heterocycles. The van der Waals surface area contributed by atoms with E-state index in [1.807, 2.05) is 0 Å². The van der Waals surface area contributed by atoms with Crippen LogP contribution in [0.5, 0.6) is 0 Å². The van der Waals surface area contributed by atoms with Gasteiger partial charge in [0, 0.05) is 0 Å². The molecular formula is C10H16O6. The molecule has 0 spiro atoms. The third kappa shape index (κ3) is 6.00. The van der Waals surface area contributed by atoms with Crippen LogP contribution in [0.1, 0.15) is 26.7 Å². The number of hydrogen-bond acceptors (Lipinski definition) is 4. The second-order valence-corrected chi connectivity index (χ2v) is 3.74. The zero-order valence-corrected chi connectivity index (χ0v) is 9.30. The van der Waals surface area contributed by atoms with Gasteiger partial charge in [-0.2, -0.15) is 0 Å². The monoisotopic (exact) mass is 232 g/mol. The van der Waals surface area contributed by atoms with Crippen molar-refractivity contribution >= 4 is 17.9 Å². The van der Waals surface area contributed by atoms with Crippen LogP contribution in [-0.4, -0.2) is 34.7 Å². The van der Waals surface area contributed by atoms with Crippen LogP contribution in [0.3, 0.4) is 0 Å². The maximum Gasteiger partial charge on any atom is 0.308 e. The summed E-state index contributed by atoms with van der Waals surface area (Å²) in [5.74, 6) is -4.08. The van der Waals surface area contributed by atoms with E-state index in [9.17, 15) is 14.4 Å². The van der Waals surface area contributed by atoms with E-state index in [0.717, 1.165) is 0 Å². The summed E-state index contributed by atoms with van der Waals surface area (Å²) in [5.41, 5.74) is 0. The normalized spacial score (nSPS) is 12.2. The molecule has 0 saturated carbocycles. The van der Waals surface area contributed by atoms with Gasteiger partial charge in [-0.3, -0.25) is 14.4 Å². The number of aliphatic carboxylic acids is 2. The fourth-order valence-electron chi connectivity index (χ4n) is 0.992. The fraction of sp³-hybridized carbons (Fsp3) is 0.700. The van der Waals surface area contributed by atoms with Crippen molar-refractivity contribution in [1.82, 2.24) is 0 Å². The Morgan fingerprint density at radius 2 is 1.75 bits per heavy atom. The maximum absolute atomic E-state index is 11.0. The Morgan fingerprint density at radius 1 is 1.19 bits per heavy atom. The Hall–Kier alpha value is -1.59. The molecule has 0 saturated heterocycles. The van der Waals surface area contributed by atoms with Crippen molar-refractivity contribution in [3.8, 4) is 0 Å². The topological polar surface area (TPSA) is 101 Å². The minimum atomic E-state index is -1.19. The number of carbonyl (C=O) groups excluding carboxylic acids is 1. The molecule has 1 unspecified atom stereocenters. The first-order valence-electron chi connectivity index (χ1n) is 4.95. The molecule has 6 heteroatoms. The summed E-state index contributed by atoms with van der Waals surface area (Å²) in [6.45, 7) is 3.25. The van der Waals surface area contributed by atoms with Crippen LogP contribution in [0.15, 0.2) is 0 Å². The molecule has 0 aromatic carbocycles. The van der Waals surface area contributed by atoms with Gasteiger partial charge in [-0.05, 0) is 6.42 Å². The lowest BCUT2D eigenvalue weighted by molar-refractivity contribution is -0.152. The molecule has 2 N–H and O–H groups in total. The third-order valence-corrected chi connectivity index (χ3v) is 1.95. The SMILES string of the molecule is CC(C)C(=O)OCCC(CC(=O)O)C(=O)O. The molecule has 0 radical (unpaired) electrons. The zero-order chi connectivity index (χ0) is 12.7. The highest BCUT2D eigenvalue weighted by Gasteiger charge is 2.21. The summed E-state index contributed by atoms with van der Waals surface area (Å²) >= 11 is 0. The number of carbonyl (C=O) groups is 3. The summed E-state index contributed by atoms with van der Waals surface area (Å²) in [5, 5.41) is 17.2. The van der Waals surface area contributed by atoms with E-state index < -0.39 is 30.2 Å². The third-order valence-electron chi connectivity index (χ3n) is 1.95. The smallest absolute Gasteiger partial charge is 0.308 e. The number of hydrogen-bond donors (Lipinski definition) is 2. The summed E-state index contributed by atoms with van der Waals surface area (Å²) < 4.78 is 4.77. The maximum atomic E-state index is 11.0. The minimum absolute atomic E-state index is 0.0140. The van der Waals surface area contributed by atoms with Crippen molar-refractivity contribution in [2.75, 3.05) is 6.61 Å². The Bertz CT molecular complexity index is 270. The lowest BCUT2D eigenvalue weighted by Gasteiger charge is -2.11. The number of carboxylic acids is 2. The summed E-state index contributed by atoms with van der Waals surface area (Å²) in [4.78, 5) is 32.0. The molecular weight excluding hydrogens is 216 g/mol. The Kier molecular flexibility index (Phi) is 6.14. The Morgan fingerprint density at radius 3 is 2.12 bits per heavy atom. The van der Waals surface area contributed by atoms with E-state index in [-0.39, 0.29) is 18.9 Å². The summed E-state index contributed by atoms with van der Waals surface area (Å²) in [6, 6.07) is 0. The van der Waals surface area contributed by atoms with Crippen LogP contribution in [0.4, 0.5) is 0 Å². The molecule has 0 aliphatic heterocycles. The Balaban J connectivity index is 3.99. The fourth-order valence-corrected chi connectivity index (χ4v) is 0.992. The second-order valence-electron chi connectivity index (χ2n) is 3.74. The van der Waals surface area contributed by atoms with Crippen molar-refractivity contribution in [1.29, 1.82) is 0 Å². The largest absolute Gasteiger partial charge is 0.481 e. The van der Waals surface area contributed by atoms with Crippen molar-refractivity contribution in [3.63, 3.8) is 0 Å². The summed E-state index contributed by atoms with van der Waals surface area (Å²) in [7, 11) is 0. The van der Waals surface area contributed by atoms with Crippen LogP contribution >= 0.6 is 0 Å². The average Bonchev–Trinajstić information content (AvgIpc) is 2.14. The molecule has 92 valence electrons. The van der Waals surface area contributed by atoms with Gasteiger partial charge in [0.05, 0.1) is 24.9 Å². The molecule has 16 heavy (non-hydrogen) atoms. The standard InChI is InChI=1S/C10H16O6/c1-6(2)10(15)16-4-3-7(9(13)14)5-8(11)12/h6-7H,3-5H2,1-2H3,(H,11,12)(H,13,14). The molecule has 0 amide bonds. The molecule has 0 bridgehead atoms. The minimum Gasteiger partial charge on any atom is -0.481 e. The number of rotatable bonds is 7. The van der Waals surface area contributed by atoms with E-state index in [1.54, 1.807) is 13.8 Å². The number of ether oxygens (including phenoxy) is 1. The first-order chi connectivity index (χ1) is 7.34. The summed E-state index contributed by atoms with van der Waals surface area (Å²) in [6.07, 6.45) is -0.450. The molecule has 0 aliphatic rings. The van der Waals surface area contributed by atoms with E-state index in [4.69, 9.17) is 14.9 Å². The van der Waals surface area contributed by atoms with Gasteiger partial charge in [0.2, 0.25) is 0 Å². The molecule has 6 nitrogen and oxygen atoms in total. The van der Waals surface area contributed by atoms with Crippen LogP contribution < -0.4 is 0 Å².